The zero-order valence-electron chi connectivity index (χ0n) is 12.2. The molecule has 0 spiro atoms. The quantitative estimate of drug-likeness (QED) is 0.824. The molecule has 0 aliphatic heterocycles. The van der Waals surface area contributed by atoms with Gasteiger partial charge in [0.15, 0.2) is 0 Å². The number of methoxy groups -OCH3 is 1. The van der Waals surface area contributed by atoms with Crippen molar-refractivity contribution in [1.29, 1.82) is 5.26 Å². The number of nitrogens with one attached hydrogen (secondary N) is 1. The molecule has 22 heavy (non-hydrogen) atoms. The monoisotopic (exact) mass is 300 g/mol. The first-order chi connectivity index (χ1) is 10.7. The van der Waals surface area contributed by atoms with E-state index in [1.165, 1.54) is 13.3 Å². The maximum absolute atomic E-state index is 11.5. The van der Waals surface area contributed by atoms with Gasteiger partial charge in [-0.05, 0) is 17.7 Å². The number of amides is 1. The van der Waals surface area contributed by atoms with Crippen molar-refractivity contribution in [1.82, 2.24) is 9.78 Å². The summed E-state index contributed by atoms with van der Waals surface area (Å²) in [6, 6.07) is 9.37. The van der Waals surface area contributed by atoms with E-state index in [0.717, 1.165) is 5.56 Å². The minimum Gasteiger partial charge on any atom is -0.447 e. The number of nitriles is 1. The number of nitrogens with zero attached hydrogens (tertiary/aromatic N) is 3. The van der Waals surface area contributed by atoms with Crippen LogP contribution in [0, 0.1) is 11.3 Å². The molecule has 1 amide bonds. The molecule has 0 fully saturated rings. The summed E-state index contributed by atoms with van der Waals surface area (Å²) in [4.78, 5) is 11.5. The van der Waals surface area contributed by atoms with Crippen molar-refractivity contribution in [2.75, 3.05) is 25.6 Å². The molecule has 7 heteroatoms. The first-order valence-corrected chi connectivity index (χ1v) is 6.65. The number of benzene rings is 1. The average molecular weight is 300 g/mol. The third kappa shape index (κ3) is 4.61. The standard InChI is InChI=1S/C15H16N4O3/c1-21-5-6-22-15(20)18-14-9-17-19(11-14)10-13-4-2-3-12(7-13)8-16/h2-4,7,9,11H,5-6,10H2,1H3,(H,18,20). The smallest absolute Gasteiger partial charge is 0.411 e. The average Bonchev–Trinajstić information content (AvgIpc) is 2.94. The second-order valence-corrected chi connectivity index (χ2v) is 4.49. The van der Waals surface area contributed by atoms with E-state index < -0.39 is 6.09 Å². The van der Waals surface area contributed by atoms with Gasteiger partial charge < -0.3 is 9.47 Å². The van der Waals surface area contributed by atoms with E-state index in [0.29, 0.717) is 24.4 Å². The Morgan fingerprint density at radius 2 is 2.32 bits per heavy atom. The van der Waals surface area contributed by atoms with Crippen LogP contribution in [0.2, 0.25) is 0 Å². The Morgan fingerprint density at radius 1 is 1.45 bits per heavy atom. The SMILES string of the molecule is COCCOC(=O)Nc1cnn(Cc2cccc(C#N)c2)c1. The van der Waals surface area contributed by atoms with Crippen molar-refractivity contribution in [3.8, 4) is 6.07 Å². The highest BCUT2D eigenvalue weighted by Gasteiger charge is 2.06. The number of ether oxygens (including phenoxy) is 2. The summed E-state index contributed by atoms with van der Waals surface area (Å²) in [6.45, 7) is 1.05. The molecule has 0 bridgehead atoms. The zero-order chi connectivity index (χ0) is 15.8. The molecule has 2 rings (SSSR count). The van der Waals surface area contributed by atoms with E-state index in [1.807, 2.05) is 12.1 Å². The van der Waals surface area contributed by atoms with E-state index >= 15 is 0 Å². The van der Waals surface area contributed by atoms with Crippen molar-refractivity contribution < 1.29 is 14.3 Å². The molecule has 1 heterocycles. The highest BCUT2D eigenvalue weighted by Crippen LogP contribution is 2.10. The van der Waals surface area contributed by atoms with Crippen molar-refractivity contribution >= 4 is 11.8 Å². The number of aromatic nitrogens is 2. The van der Waals surface area contributed by atoms with Gasteiger partial charge in [-0.25, -0.2) is 4.79 Å². The number of anilines is 1. The van der Waals surface area contributed by atoms with E-state index in [4.69, 9.17) is 14.7 Å². The van der Waals surface area contributed by atoms with E-state index in [2.05, 4.69) is 16.5 Å². The summed E-state index contributed by atoms with van der Waals surface area (Å²) in [5.41, 5.74) is 2.10. The lowest BCUT2D eigenvalue weighted by Crippen LogP contribution is -2.16. The molecule has 0 unspecified atom stereocenters. The molecule has 0 aliphatic rings. The molecular formula is C15H16N4O3. The zero-order valence-corrected chi connectivity index (χ0v) is 12.2. The normalized spacial score (nSPS) is 10.0. The third-order valence-corrected chi connectivity index (χ3v) is 2.80. The molecule has 1 aromatic carbocycles. The predicted octanol–water partition coefficient (Wildman–Crippen LogP) is 2.00. The Balaban J connectivity index is 1.91. The number of carbonyl (C=O) groups is 1. The molecule has 114 valence electrons. The Bertz CT molecular complexity index is 675. The van der Waals surface area contributed by atoms with E-state index in [1.54, 1.807) is 23.0 Å². The van der Waals surface area contributed by atoms with Crippen molar-refractivity contribution in [2.24, 2.45) is 0 Å². The van der Waals surface area contributed by atoms with Crippen molar-refractivity contribution in [2.45, 2.75) is 6.54 Å². The van der Waals surface area contributed by atoms with Crippen LogP contribution in [0.1, 0.15) is 11.1 Å². The first kappa shape index (κ1) is 15.5. The largest absolute Gasteiger partial charge is 0.447 e. The van der Waals surface area contributed by atoms with Crippen LogP contribution in [-0.2, 0) is 16.0 Å². The Labute approximate surface area is 128 Å². The van der Waals surface area contributed by atoms with Crippen LogP contribution in [0.4, 0.5) is 10.5 Å². The number of hydrogen-bond acceptors (Lipinski definition) is 5. The highest BCUT2D eigenvalue weighted by molar-refractivity contribution is 5.84. The molecule has 0 saturated heterocycles. The van der Waals surface area contributed by atoms with Gasteiger partial charge in [-0.15, -0.1) is 0 Å². The molecule has 1 aromatic heterocycles. The maximum Gasteiger partial charge on any atom is 0.411 e. The summed E-state index contributed by atoms with van der Waals surface area (Å²) in [5.74, 6) is 0. The molecule has 7 nitrogen and oxygen atoms in total. The second kappa shape index (κ2) is 7.81. The molecule has 0 radical (unpaired) electrons. The van der Waals surface area contributed by atoms with Gasteiger partial charge >= 0.3 is 6.09 Å². The van der Waals surface area contributed by atoms with E-state index in [9.17, 15) is 4.79 Å². The number of rotatable bonds is 6. The number of carbonyl (C=O) groups excluding carboxylic acids is 1. The fourth-order valence-corrected chi connectivity index (χ4v) is 1.81. The molecule has 0 saturated carbocycles. The van der Waals surface area contributed by atoms with Gasteiger partial charge in [-0.2, -0.15) is 10.4 Å². The van der Waals surface area contributed by atoms with Gasteiger partial charge in [0.2, 0.25) is 0 Å². The van der Waals surface area contributed by atoms with Crippen molar-refractivity contribution in [3.05, 3.63) is 47.8 Å². The predicted molar refractivity (Wildman–Crippen MR) is 79.3 cm³/mol. The van der Waals surface area contributed by atoms with Crippen molar-refractivity contribution in [3.63, 3.8) is 0 Å². The molecular weight excluding hydrogens is 284 g/mol. The third-order valence-electron chi connectivity index (χ3n) is 2.80. The van der Waals surface area contributed by atoms with Crippen LogP contribution >= 0.6 is 0 Å². The summed E-state index contributed by atoms with van der Waals surface area (Å²) >= 11 is 0. The summed E-state index contributed by atoms with van der Waals surface area (Å²) in [6.07, 6.45) is 2.67. The van der Waals surface area contributed by atoms with Crippen LogP contribution < -0.4 is 5.32 Å². The van der Waals surface area contributed by atoms with Gasteiger partial charge in [0, 0.05) is 13.3 Å². The fraction of sp³-hybridized carbons (Fsp3) is 0.267. The number of hydrogen-bond donors (Lipinski definition) is 1. The van der Waals surface area contributed by atoms with Gasteiger partial charge in [-0.3, -0.25) is 10.00 Å². The lowest BCUT2D eigenvalue weighted by Gasteiger charge is -2.04. The maximum atomic E-state index is 11.5. The van der Waals surface area contributed by atoms with Crippen LogP contribution in [0.5, 0.6) is 0 Å². The Morgan fingerprint density at radius 3 is 3.09 bits per heavy atom. The molecule has 0 aliphatic carbocycles. The summed E-state index contributed by atoms with van der Waals surface area (Å²) < 4.78 is 11.4. The van der Waals surface area contributed by atoms with Gasteiger partial charge in [-0.1, -0.05) is 12.1 Å². The highest BCUT2D eigenvalue weighted by atomic mass is 16.6. The van der Waals surface area contributed by atoms with Gasteiger partial charge in [0.1, 0.15) is 6.61 Å². The fourth-order valence-electron chi connectivity index (χ4n) is 1.81. The minimum atomic E-state index is -0.553. The molecule has 1 N–H and O–H groups in total. The summed E-state index contributed by atoms with van der Waals surface area (Å²) in [5, 5.41) is 15.6. The van der Waals surface area contributed by atoms with Crippen LogP contribution in [-0.4, -0.2) is 36.2 Å². The lowest BCUT2D eigenvalue weighted by atomic mass is 10.1. The van der Waals surface area contributed by atoms with Crippen LogP contribution in [0.3, 0.4) is 0 Å². The Kier molecular flexibility index (Phi) is 5.51. The molecule has 2 aromatic rings. The van der Waals surface area contributed by atoms with Gasteiger partial charge in [0.05, 0.1) is 36.7 Å². The van der Waals surface area contributed by atoms with Crippen LogP contribution in [0.25, 0.3) is 0 Å². The minimum absolute atomic E-state index is 0.192. The van der Waals surface area contributed by atoms with Gasteiger partial charge in [0.25, 0.3) is 0 Å². The topological polar surface area (TPSA) is 89.2 Å². The van der Waals surface area contributed by atoms with Crippen LogP contribution in [0.15, 0.2) is 36.7 Å². The second-order valence-electron chi connectivity index (χ2n) is 4.49. The first-order valence-electron chi connectivity index (χ1n) is 6.65. The summed E-state index contributed by atoms with van der Waals surface area (Å²) in [7, 11) is 1.53. The lowest BCUT2D eigenvalue weighted by molar-refractivity contribution is 0.107. The molecule has 0 atom stereocenters. The van der Waals surface area contributed by atoms with E-state index in [-0.39, 0.29) is 6.61 Å². The Hall–Kier alpha value is -2.85.